The highest BCUT2D eigenvalue weighted by molar-refractivity contribution is 5.27. The number of aryl methyl sites for hydroxylation is 1. The molecule has 0 bridgehead atoms. The van der Waals surface area contributed by atoms with Gasteiger partial charge in [0.05, 0.1) is 11.6 Å². The van der Waals surface area contributed by atoms with Gasteiger partial charge in [-0.05, 0) is 43.6 Å². The van der Waals surface area contributed by atoms with Gasteiger partial charge in [-0.25, -0.2) is 0 Å². The molecule has 1 aliphatic rings. The van der Waals surface area contributed by atoms with Gasteiger partial charge in [-0.3, -0.25) is 0 Å². The molecule has 0 radical (unpaired) electrons. The van der Waals surface area contributed by atoms with Crippen LogP contribution in [0.1, 0.15) is 56.7 Å². The van der Waals surface area contributed by atoms with Crippen LogP contribution in [0.4, 0.5) is 0 Å². The first-order valence-corrected chi connectivity index (χ1v) is 7.26. The normalized spacial score (nSPS) is 23.0. The highest BCUT2D eigenvalue weighted by atomic mass is 16.5. The zero-order chi connectivity index (χ0) is 14.1. The molecule has 0 saturated heterocycles. The van der Waals surface area contributed by atoms with Crippen LogP contribution in [0.25, 0.3) is 0 Å². The fraction of sp³-hybridized carbons (Fsp3) is 0.647. The minimum atomic E-state index is -0.191. The molecule has 2 nitrogen and oxygen atoms in total. The van der Waals surface area contributed by atoms with Crippen molar-refractivity contribution in [2.45, 2.75) is 58.1 Å². The summed E-state index contributed by atoms with van der Waals surface area (Å²) in [6.45, 7) is 6.79. The third-order valence-electron chi connectivity index (χ3n) is 4.82. The molecule has 1 atom stereocenters. The Hall–Kier alpha value is -0.860. The Morgan fingerprint density at radius 1 is 1.16 bits per heavy atom. The minimum absolute atomic E-state index is 0.0338. The highest BCUT2D eigenvalue weighted by Crippen LogP contribution is 2.46. The zero-order valence-electron chi connectivity index (χ0n) is 12.7. The van der Waals surface area contributed by atoms with E-state index in [2.05, 4.69) is 45.0 Å². The quantitative estimate of drug-likeness (QED) is 0.893. The molecule has 0 heterocycles. The molecule has 2 N–H and O–H groups in total. The van der Waals surface area contributed by atoms with Crippen molar-refractivity contribution in [2.24, 2.45) is 11.1 Å². The topological polar surface area (TPSA) is 35.2 Å². The van der Waals surface area contributed by atoms with E-state index in [0.717, 1.165) is 12.8 Å². The lowest BCUT2D eigenvalue weighted by Crippen LogP contribution is -2.47. The van der Waals surface area contributed by atoms with Crippen LogP contribution >= 0.6 is 0 Å². The van der Waals surface area contributed by atoms with Crippen LogP contribution in [0.5, 0.6) is 0 Å². The Bertz CT molecular complexity index is 429. The van der Waals surface area contributed by atoms with Gasteiger partial charge < -0.3 is 10.5 Å². The van der Waals surface area contributed by atoms with E-state index in [4.69, 9.17) is 10.5 Å². The van der Waals surface area contributed by atoms with Crippen molar-refractivity contribution in [3.05, 3.63) is 35.4 Å². The first kappa shape index (κ1) is 14.5. The van der Waals surface area contributed by atoms with E-state index in [0.29, 0.717) is 5.41 Å². The predicted molar refractivity (Wildman–Crippen MR) is 80.1 cm³/mol. The van der Waals surface area contributed by atoms with E-state index in [-0.39, 0.29) is 11.6 Å². The van der Waals surface area contributed by atoms with Crippen molar-refractivity contribution in [3.8, 4) is 0 Å². The van der Waals surface area contributed by atoms with Gasteiger partial charge in [-0.15, -0.1) is 0 Å². The van der Waals surface area contributed by atoms with Gasteiger partial charge in [0.15, 0.2) is 0 Å². The van der Waals surface area contributed by atoms with E-state index in [9.17, 15) is 0 Å². The highest BCUT2D eigenvalue weighted by Gasteiger charge is 2.43. The van der Waals surface area contributed by atoms with E-state index in [1.165, 1.54) is 24.0 Å². The summed E-state index contributed by atoms with van der Waals surface area (Å²) in [5.41, 5.74) is 9.24. The Morgan fingerprint density at radius 3 is 2.32 bits per heavy atom. The van der Waals surface area contributed by atoms with Gasteiger partial charge in [0.2, 0.25) is 0 Å². The molecule has 1 saturated carbocycles. The summed E-state index contributed by atoms with van der Waals surface area (Å²) in [6, 6.07) is 8.47. The number of benzene rings is 1. The smallest absolute Gasteiger partial charge is 0.0870 e. The SMILES string of the molecule is COC1(C(N)c2cccc(C)c2)CCC(C)(C)CC1. The standard InChI is InChI=1S/C17H27NO/c1-13-6-5-7-14(12-13)15(18)17(19-4)10-8-16(2,3)9-11-17/h5-7,12,15H,8-11,18H2,1-4H3. The first-order valence-electron chi connectivity index (χ1n) is 7.26. The second-order valence-corrected chi connectivity index (χ2v) is 6.82. The fourth-order valence-corrected chi connectivity index (χ4v) is 3.16. The van der Waals surface area contributed by atoms with Crippen LogP contribution < -0.4 is 5.73 Å². The molecule has 2 heteroatoms. The Morgan fingerprint density at radius 2 is 1.79 bits per heavy atom. The molecular formula is C17H27NO. The van der Waals surface area contributed by atoms with Crippen molar-refractivity contribution in [3.63, 3.8) is 0 Å². The summed E-state index contributed by atoms with van der Waals surface area (Å²) in [5, 5.41) is 0. The van der Waals surface area contributed by atoms with E-state index in [1.807, 2.05) is 7.11 Å². The summed E-state index contributed by atoms with van der Waals surface area (Å²) in [7, 11) is 1.81. The van der Waals surface area contributed by atoms with Gasteiger partial charge in [0.1, 0.15) is 0 Å². The third kappa shape index (κ3) is 3.01. The number of rotatable bonds is 3. The molecule has 1 unspecified atom stereocenters. The Labute approximate surface area is 117 Å². The molecular weight excluding hydrogens is 234 g/mol. The molecule has 1 aromatic rings. The summed E-state index contributed by atoms with van der Waals surface area (Å²) >= 11 is 0. The van der Waals surface area contributed by atoms with Crippen LogP contribution in [0.2, 0.25) is 0 Å². The van der Waals surface area contributed by atoms with E-state index >= 15 is 0 Å². The zero-order valence-corrected chi connectivity index (χ0v) is 12.7. The van der Waals surface area contributed by atoms with Crippen LogP contribution in [-0.4, -0.2) is 12.7 Å². The van der Waals surface area contributed by atoms with Crippen molar-refractivity contribution < 1.29 is 4.74 Å². The van der Waals surface area contributed by atoms with Gasteiger partial charge in [0, 0.05) is 7.11 Å². The van der Waals surface area contributed by atoms with Crippen LogP contribution in [0, 0.1) is 12.3 Å². The average molecular weight is 261 g/mol. The van der Waals surface area contributed by atoms with Crippen molar-refractivity contribution in [1.29, 1.82) is 0 Å². The van der Waals surface area contributed by atoms with Gasteiger partial charge >= 0.3 is 0 Å². The molecule has 1 fully saturated rings. The molecule has 0 aliphatic heterocycles. The maximum Gasteiger partial charge on any atom is 0.0870 e. The first-order chi connectivity index (χ1) is 8.88. The lowest BCUT2D eigenvalue weighted by Gasteiger charge is -2.46. The monoisotopic (exact) mass is 261 g/mol. The maximum atomic E-state index is 6.55. The lowest BCUT2D eigenvalue weighted by atomic mass is 9.67. The molecule has 1 aromatic carbocycles. The second-order valence-electron chi connectivity index (χ2n) is 6.82. The minimum Gasteiger partial charge on any atom is -0.376 e. The van der Waals surface area contributed by atoms with Crippen LogP contribution in [0.15, 0.2) is 24.3 Å². The summed E-state index contributed by atoms with van der Waals surface area (Å²) in [5.74, 6) is 0. The van der Waals surface area contributed by atoms with Crippen molar-refractivity contribution >= 4 is 0 Å². The maximum absolute atomic E-state index is 6.55. The molecule has 106 valence electrons. The molecule has 1 aliphatic carbocycles. The number of hydrogen-bond acceptors (Lipinski definition) is 2. The largest absolute Gasteiger partial charge is 0.376 e. The van der Waals surface area contributed by atoms with Crippen LogP contribution in [-0.2, 0) is 4.74 Å². The molecule has 2 rings (SSSR count). The number of nitrogens with two attached hydrogens (primary N) is 1. The summed E-state index contributed by atoms with van der Waals surface area (Å²) in [4.78, 5) is 0. The van der Waals surface area contributed by atoms with Crippen LogP contribution in [0.3, 0.4) is 0 Å². The predicted octanol–water partition coefficient (Wildman–Crippen LogP) is 3.98. The number of methoxy groups -OCH3 is 1. The lowest BCUT2D eigenvalue weighted by molar-refractivity contribution is -0.0794. The Balaban J connectivity index is 2.22. The summed E-state index contributed by atoms with van der Waals surface area (Å²) in [6.07, 6.45) is 4.46. The molecule has 0 aromatic heterocycles. The van der Waals surface area contributed by atoms with Crippen molar-refractivity contribution in [2.75, 3.05) is 7.11 Å². The fourth-order valence-electron chi connectivity index (χ4n) is 3.16. The molecule has 0 amide bonds. The number of ether oxygens (including phenoxy) is 1. The van der Waals surface area contributed by atoms with E-state index in [1.54, 1.807) is 0 Å². The summed E-state index contributed by atoms with van der Waals surface area (Å²) < 4.78 is 5.90. The third-order valence-corrected chi connectivity index (χ3v) is 4.82. The van der Waals surface area contributed by atoms with Gasteiger partial charge in [-0.1, -0.05) is 43.7 Å². The second kappa shape index (κ2) is 5.26. The molecule has 0 spiro atoms. The van der Waals surface area contributed by atoms with Gasteiger partial charge in [0.25, 0.3) is 0 Å². The van der Waals surface area contributed by atoms with E-state index < -0.39 is 0 Å². The molecule has 19 heavy (non-hydrogen) atoms. The number of hydrogen-bond donors (Lipinski definition) is 1. The van der Waals surface area contributed by atoms with Crippen molar-refractivity contribution in [1.82, 2.24) is 0 Å². The van der Waals surface area contributed by atoms with Gasteiger partial charge in [-0.2, -0.15) is 0 Å². The Kier molecular flexibility index (Phi) is 4.03. The average Bonchev–Trinajstić information content (AvgIpc) is 2.39.